The van der Waals surface area contributed by atoms with Gasteiger partial charge in [-0.05, 0) is 86.2 Å². The van der Waals surface area contributed by atoms with Crippen LogP contribution in [0.1, 0.15) is 62.0 Å². The van der Waals surface area contributed by atoms with E-state index in [1.165, 1.54) is 6.07 Å². The monoisotopic (exact) mass is 562 g/mol. The highest BCUT2D eigenvalue weighted by molar-refractivity contribution is 6.00. The maximum atomic E-state index is 15.1. The van der Waals surface area contributed by atoms with Crippen LogP contribution in [-0.4, -0.2) is 61.6 Å². The maximum Gasteiger partial charge on any atom is 0.407 e. The smallest absolute Gasteiger partial charge is 0.407 e. The number of anilines is 1. The van der Waals surface area contributed by atoms with Gasteiger partial charge < -0.3 is 19.9 Å². The zero-order valence-corrected chi connectivity index (χ0v) is 23.4. The van der Waals surface area contributed by atoms with Crippen LogP contribution in [0.15, 0.2) is 48.5 Å². The summed E-state index contributed by atoms with van der Waals surface area (Å²) in [7, 11) is 0. The van der Waals surface area contributed by atoms with Crippen molar-refractivity contribution in [2.45, 2.75) is 63.5 Å². The van der Waals surface area contributed by atoms with E-state index < -0.39 is 5.92 Å². The highest BCUT2D eigenvalue weighted by Crippen LogP contribution is 2.54. The Morgan fingerprint density at radius 1 is 1.02 bits per heavy atom. The van der Waals surface area contributed by atoms with Crippen molar-refractivity contribution >= 4 is 23.6 Å². The minimum atomic E-state index is -0.471. The summed E-state index contributed by atoms with van der Waals surface area (Å²) in [5.74, 6) is -0.787. The van der Waals surface area contributed by atoms with E-state index in [0.29, 0.717) is 30.2 Å². The zero-order valence-electron chi connectivity index (χ0n) is 23.4. The highest BCUT2D eigenvalue weighted by Gasteiger charge is 2.55. The largest absolute Gasteiger partial charge is 0.445 e. The van der Waals surface area contributed by atoms with Crippen LogP contribution in [0.4, 0.5) is 14.9 Å². The number of ether oxygens (including phenoxy) is 1. The fourth-order valence-corrected chi connectivity index (χ4v) is 6.92. The van der Waals surface area contributed by atoms with Crippen molar-refractivity contribution in [2.24, 2.45) is 11.3 Å². The van der Waals surface area contributed by atoms with Crippen molar-refractivity contribution in [3.8, 4) is 0 Å². The first kappa shape index (κ1) is 27.7. The number of hydrogen-bond donors (Lipinski definition) is 2. The number of alkyl carbamates (subject to hydrolysis) is 1. The Morgan fingerprint density at radius 3 is 2.49 bits per heavy atom. The average molecular weight is 563 g/mol. The third kappa shape index (κ3) is 6.40. The number of benzene rings is 2. The molecular formula is C32H39FN4O4. The first-order valence-electron chi connectivity index (χ1n) is 15.0. The number of carbonyl (C=O) groups is 3. The predicted octanol–water partition coefficient (Wildman–Crippen LogP) is 4.34. The molecule has 2 atom stereocenters. The molecule has 3 saturated heterocycles. The Labute approximate surface area is 240 Å². The number of nitrogens with zero attached hydrogens (tertiary/aromatic N) is 2. The number of nitrogens with one attached hydrogen (secondary N) is 2. The topological polar surface area (TPSA) is 91.0 Å². The van der Waals surface area contributed by atoms with Gasteiger partial charge in [-0.3, -0.25) is 14.9 Å². The molecule has 1 saturated carbocycles. The van der Waals surface area contributed by atoms with Crippen molar-refractivity contribution in [1.82, 2.24) is 15.5 Å². The Balaban J connectivity index is 0.916. The summed E-state index contributed by atoms with van der Waals surface area (Å²) in [6.07, 6.45) is 5.65. The number of halogens is 1. The molecule has 2 aromatic rings. The van der Waals surface area contributed by atoms with Crippen molar-refractivity contribution in [3.63, 3.8) is 0 Å². The second-order valence-electron chi connectivity index (χ2n) is 12.3. The third-order valence-corrected chi connectivity index (χ3v) is 9.63. The molecule has 8 nitrogen and oxygen atoms in total. The lowest BCUT2D eigenvalue weighted by molar-refractivity contribution is -0.134. The van der Waals surface area contributed by atoms with Crippen LogP contribution in [0.3, 0.4) is 0 Å². The van der Waals surface area contributed by atoms with E-state index >= 15 is 4.39 Å². The lowest BCUT2D eigenvalue weighted by Gasteiger charge is -2.39. The van der Waals surface area contributed by atoms with Crippen molar-refractivity contribution in [3.05, 3.63) is 65.5 Å². The molecular weight excluding hydrogens is 523 g/mol. The summed E-state index contributed by atoms with van der Waals surface area (Å²) in [4.78, 5) is 40.6. The van der Waals surface area contributed by atoms with E-state index in [-0.39, 0.29) is 41.6 Å². The van der Waals surface area contributed by atoms with Gasteiger partial charge in [-0.25, -0.2) is 9.18 Å². The lowest BCUT2D eigenvalue weighted by atomic mass is 9.89. The second kappa shape index (κ2) is 11.8. The lowest BCUT2D eigenvalue weighted by Crippen LogP contribution is -2.43. The van der Waals surface area contributed by atoms with Crippen LogP contribution >= 0.6 is 0 Å². The highest BCUT2D eigenvalue weighted by atomic mass is 19.1. The molecule has 3 amide bonds. The number of hydrogen-bond acceptors (Lipinski definition) is 6. The summed E-state index contributed by atoms with van der Waals surface area (Å²) in [6.45, 7) is 5.08. The molecule has 0 aromatic heterocycles. The van der Waals surface area contributed by atoms with E-state index in [1.807, 2.05) is 36.4 Å². The number of piperidine rings is 3. The molecule has 3 heterocycles. The molecule has 2 aromatic carbocycles. The number of carbonyl (C=O) groups excluding carboxylic acids is 3. The van der Waals surface area contributed by atoms with E-state index in [9.17, 15) is 14.4 Å². The minimum Gasteiger partial charge on any atom is -0.445 e. The molecule has 4 aliphatic rings. The van der Waals surface area contributed by atoms with E-state index in [1.54, 1.807) is 6.07 Å². The number of amides is 3. The zero-order chi connectivity index (χ0) is 28.4. The van der Waals surface area contributed by atoms with Crippen LogP contribution < -0.4 is 15.5 Å². The van der Waals surface area contributed by atoms with Gasteiger partial charge in [0.25, 0.3) is 0 Å². The van der Waals surface area contributed by atoms with Crippen molar-refractivity contribution in [2.75, 3.05) is 37.6 Å². The third-order valence-electron chi connectivity index (χ3n) is 9.63. The second-order valence-corrected chi connectivity index (χ2v) is 12.3. The van der Waals surface area contributed by atoms with Gasteiger partial charge in [0.2, 0.25) is 11.8 Å². The summed E-state index contributed by atoms with van der Waals surface area (Å²) in [5, 5.41) is 5.44. The molecule has 218 valence electrons. The molecule has 41 heavy (non-hydrogen) atoms. The van der Waals surface area contributed by atoms with Gasteiger partial charge >= 0.3 is 6.09 Å². The van der Waals surface area contributed by atoms with Gasteiger partial charge in [0.15, 0.2) is 0 Å². The standard InChI is InChI=1S/C32H39FN4O4/c33-26-18-24(25-7-9-29(38)35-30(25)39)6-8-27(26)37-14-10-22(11-15-37)20-36-16-12-32(13-17-36)19-28(32)34-31(40)41-21-23-4-2-1-3-5-23/h1-6,8,18,22,25,28H,7,9-17,19-21H2,(H,34,40)(H,35,38,39). The van der Waals surface area contributed by atoms with Gasteiger partial charge in [0.1, 0.15) is 12.4 Å². The predicted molar refractivity (Wildman–Crippen MR) is 153 cm³/mol. The Kier molecular flexibility index (Phi) is 7.97. The Hall–Kier alpha value is -3.46. The molecule has 9 heteroatoms. The normalized spacial score (nSPS) is 24.7. The summed E-state index contributed by atoms with van der Waals surface area (Å²) in [5.41, 5.74) is 2.43. The van der Waals surface area contributed by atoms with Crippen LogP contribution in [0.5, 0.6) is 0 Å². The molecule has 2 unspecified atom stereocenters. The quantitative estimate of drug-likeness (QED) is 0.488. The van der Waals surface area contributed by atoms with Crippen LogP contribution in [0.2, 0.25) is 0 Å². The molecule has 3 aliphatic heterocycles. The SMILES string of the molecule is O=C1CCC(c2ccc(N3CCC(CN4CCC5(CC4)CC5NC(=O)OCc4ccccc4)CC3)c(F)c2)C(=O)N1. The number of rotatable bonds is 7. The average Bonchev–Trinajstić information content (AvgIpc) is 3.64. The van der Waals surface area contributed by atoms with Crippen molar-refractivity contribution < 1.29 is 23.5 Å². The molecule has 0 bridgehead atoms. The van der Waals surface area contributed by atoms with Gasteiger partial charge in [-0.1, -0.05) is 36.4 Å². The summed E-state index contributed by atoms with van der Waals surface area (Å²) < 4.78 is 20.5. The first-order chi connectivity index (χ1) is 19.9. The number of imide groups is 1. The van der Waals surface area contributed by atoms with Gasteiger partial charge in [-0.15, -0.1) is 0 Å². The summed E-state index contributed by atoms with van der Waals surface area (Å²) in [6, 6.07) is 15.0. The molecule has 1 aliphatic carbocycles. The van der Waals surface area contributed by atoms with E-state index in [0.717, 1.165) is 70.4 Å². The van der Waals surface area contributed by atoms with Crippen molar-refractivity contribution in [1.29, 1.82) is 0 Å². The van der Waals surface area contributed by atoms with Gasteiger partial charge in [0, 0.05) is 32.1 Å². The molecule has 4 fully saturated rings. The first-order valence-corrected chi connectivity index (χ1v) is 15.0. The molecule has 6 rings (SSSR count). The maximum absolute atomic E-state index is 15.1. The number of likely N-dealkylation sites (tertiary alicyclic amines) is 1. The van der Waals surface area contributed by atoms with Gasteiger partial charge in [0.05, 0.1) is 11.6 Å². The minimum absolute atomic E-state index is 0.215. The molecule has 1 spiro atoms. The van der Waals surface area contributed by atoms with E-state index in [2.05, 4.69) is 20.4 Å². The van der Waals surface area contributed by atoms with Crippen LogP contribution in [0.25, 0.3) is 0 Å². The fourth-order valence-electron chi connectivity index (χ4n) is 6.92. The van der Waals surface area contributed by atoms with Gasteiger partial charge in [-0.2, -0.15) is 0 Å². The Morgan fingerprint density at radius 2 is 1.78 bits per heavy atom. The Bertz CT molecular complexity index is 1270. The molecule has 2 N–H and O–H groups in total. The summed E-state index contributed by atoms with van der Waals surface area (Å²) >= 11 is 0. The molecule has 0 radical (unpaired) electrons. The van der Waals surface area contributed by atoms with Crippen LogP contribution in [0, 0.1) is 17.2 Å². The fraction of sp³-hybridized carbons (Fsp3) is 0.531. The van der Waals surface area contributed by atoms with E-state index in [4.69, 9.17) is 4.74 Å². The van der Waals surface area contributed by atoms with Crippen LogP contribution in [-0.2, 0) is 20.9 Å².